The van der Waals surface area contributed by atoms with E-state index in [0.717, 1.165) is 19.4 Å². The minimum atomic E-state index is -0.550. The Morgan fingerprint density at radius 2 is 2.26 bits per heavy atom. The summed E-state index contributed by atoms with van der Waals surface area (Å²) in [6.45, 7) is 2.72. The van der Waals surface area contributed by atoms with Crippen molar-refractivity contribution in [2.75, 3.05) is 6.54 Å². The molecule has 3 heterocycles. The van der Waals surface area contributed by atoms with Gasteiger partial charge in [0, 0.05) is 41.0 Å². The first-order valence-corrected chi connectivity index (χ1v) is 8.73. The largest absolute Gasteiger partial charge is 0.358 e. The maximum Gasteiger partial charge on any atom is 0.164 e. The van der Waals surface area contributed by atoms with Crippen LogP contribution < -0.4 is 0 Å². The summed E-state index contributed by atoms with van der Waals surface area (Å²) in [4.78, 5) is 22.5. The van der Waals surface area contributed by atoms with Crippen molar-refractivity contribution >= 4 is 16.7 Å². The number of aromatic nitrogens is 1. The number of nitrogens with one attached hydrogen (secondary N) is 1. The summed E-state index contributed by atoms with van der Waals surface area (Å²) < 4.78 is 0. The molecule has 2 aliphatic heterocycles. The smallest absolute Gasteiger partial charge is 0.164 e. The van der Waals surface area contributed by atoms with Crippen LogP contribution in [0, 0.1) is 11.8 Å². The Bertz CT molecular complexity index is 856. The molecule has 6 atom stereocenters. The number of benzene rings is 1. The zero-order valence-electron chi connectivity index (χ0n) is 13.2. The van der Waals surface area contributed by atoms with E-state index in [4.69, 9.17) is 4.84 Å². The summed E-state index contributed by atoms with van der Waals surface area (Å²) in [6.07, 6.45) is 3.12. The van der Waals surface area contributed by atoms with Gasteiger partial charge in [-0.05, 0) is 43.7 Å². The standard InChI is InChI=1S/C19H20N2O2/c1-10(22)19-8-11-6-14-17(19)16(21(9-11)23-19)7-13-12-4-2-3-5-15(12)20-18(13)14/h2-5,11,14,16-17,20H,6-9H2,1H3/t11-,14-,16?,17?,19-/m1/s1. The number of H-pyrrole nitrogens is 1. The number of para-hydroxylation sites is 1. The summed E-state index contributed by atoms with van der Waals surface area (Å²) in [5.41, 5.74) is 3.53. The predicted octanol–water partition coefficient (Wildman–Crippen LogP) is 2.79. The summed E-state index contributed by atoms with van der Waals surface area (Å²) in [5.74, 6) is 1.56. The van der Waals surface area contributed by atoms with Gasteiger partial charge in [-0.15, -0.1) is 0 Å². The quantitative estimate of drug-likeness (QED) is 0.881. The first-order valence-electron chi connectivity index (χ1n) is 8.73. The number of hydroxylamine groups is 2. The van der Waals surface area contributed by atoms with E-state index in [2.05, 4.69) is 34.3 Å². The molecule has 0 spiro atoms. The van der Waals surface area contributed by atoms with Crippen molar-refractivity contribution in [1.29, 1.82) is 0 Å². The Balaban J connectivity index is 1.61. The van der Waals surface area contributed by atoms with Gasteiger partial charge in [-0.1, -0.05) is 18.2 Å². The third-order valence-corrected chi connectivity index (χ3v) is 6.88. The molecule has 2 aromatic rings. The van der Waals surface area contributed by atoms with E-state index in [-0.39, 0.29) is 5.78 Å². The Morgan fingerprint density at radius 1 is 1.39 bits per heavy atom. The molecule has 4 aliphatic rings. The van der Waals surface area contributed by atoms with Crippen LogP contribution in [-0.2, 0) is 16.1 Å². The van der Waals surface area contributed by atoms with Crippen molar-refractivity contribution < 1.29 is 9.63 Å². The molecule has 3 unspecified atom stereocenters. The van der Waals surface area contributed by atoms with Crippen LogP contribution >= 0.6 is 0 Å². The van der Waals surface area contributed by atoms with Gasteiger partial charge in [0.25, 0.3) is 0 Å². The van der Waals surface area contributed by atoms with Crippen molar-refractivity contribution in [3.8, 4) is 0 Å². The Hall–Kier alpha value is -1.65. The van der Waals surface area contributed by atoms with Gasteiger partial charge >= 0.3 is 0 Å². The van der Waals surface area contributed by atoms with Gasteiger partial charge in [0.05, 0.1) is 0 Å². The molecule has 1 aromatic carbocycles. The molecule has 4 nitrogen and oxygen atoms in total. The van der Waals surface area contributed by atoms with Crippen LogP contribution in [0.3, 0.4) is 0 Å². The molecule has 118 valence electrons. The summed E-state index contributed by atoms with van der Waals surface area (Å²) in [7, 11) is 0. The van der Waals surface area contributed by atoms with Gasteiger partial charge < -0.3 is 4.98 Å². The molecule has 1 saturated carbocycles. The average Bonchev–Trinajstić information content (AvgIpc) is 3.00. The van der Waals surface area contributed by atoms with Gasteiger partial charge in [-0.2, -0.15) is 5.06 Å². The minimum absolute atomic E-state index is 0.226. The van der Waals surface area contributed by atoms with Gasteiger partial charge in [0.15, 0.2) is 11.4 Å². The number of Topliss-reactive ketones (excluding diaryl/α,β-unsaturated/α-hetero) is 1. The SMILES string of the molecule is CC(=O)[C@]12C[C@H]3C[C@H]4c5[nH]c6ccccc6c5CC(C41)N(C3)O2. The lowest BCUT2D eigenvalue weighted by Crippen LogP contribution is -2.54. The molecule has 1 N–H and O–H groups in total. The maximum absolute atomic E-state index is 12.5. The number of carbonyl (C=O) groups excluding carboxylic acids is 1. The van der Waals surface area contributed by atoms with Crippen molar-refractivity contribution in [3.63, 3.8) is 0 Å². The van der Waals surface area contributed by atoms with E-state index >= 15 is 0 Å². The number of nitrogens with zero attached hydrogens (tertiary/aromatic N) is 1. The van der Waals surface area contributed by atoms with Crippen LogP contribution in [0.1, 0.15) is 36.9 Å². The molecule has 0 amide bonds. The van der Waals surface area contributed by atoms with E-state index in [1.807, 2.05) is 0 Å². The number of ketones is 1. The molecule has 2 saturated heterocycles. The number of fused-ring (bicyclic) bond motifs is 7. The molecule has 3 bridgehead atoms. The van der Waals surface area contributed by atoms with E-state index in [0.29, 0.717) is 23.8 Å². The van der Waals surface area contributed by atoms with Crippen LogP contribution in [0.4, 0.5) is 0 Å². The zero-order valence-corrected chi connectivity index (χ0v) is 13.2. The van der Waals surface area contributed by atoms with Gasteiger partial charge in [0.2, 0.25) is 0 Å². The summed E-state index contributed by atoms with van der Waals surface area (Å²) >= 11 is 0. The van der Waals surface area contributed by atoms with Crippen LogP contribution in [0.5, 0.6) is 0 Å². The maximum atomic E-state index is 12.5. The van der Waals surface area contributed by atoms with E-state index in [1.165, 1.54) is 28.6 Å². The second-order valence-electron chi connectivity index (χ2n) is 7.91. The van der Waals surface area contributed by atoms with Gasteiger partial charge in [-0.25, -0.2) is 0 Å². The summed E-state index contributed by atoms with van der Waals surface area (Å²) in [6, 6.07) is 8.97. The highest BCUT2D eigenvalue weighted by Crippen LogP contribution is 2.61. The Kier molecular flexibility index (Phi) is 2.14. The normalized spacial score (nSPS) is 42.9. The number of hydrogen-bond donors (Lipinski definition) is 1. The van der Waals surface area contributed by atoms with Crippen LogP contribution in [0.2, 0.25) is 0 Å². The van der Waals surface area contributed by atoms with Gasteiger partial charge in [0.1, 0.15) is 0 Å². The van der Waals surface area contributed by atoms with Crippen LogP contribution in [0.15, 0.2) is 24.3 Å². The molecule has 6 rings (SSSR count). The van der Waals surface area contributed by atoms with Crippen molar-refractivity contribution in [2.45, 2.75) is 43.7 Å². The first-order chi connectivity index (χ1) is 11.2. The molecule has 4 heteroatoms. The molecule has 2 aliphatic carbocycles. The molecule has 1 aromatic heterocycles. The van der Waals surface area contributed by atoms with E-state index < -0.39 is 5.60 Å². The first kappa shape index (κ1) is 12.7. The molecular formula is C19H20N2O2. The number of hydrogen-bond acceptors (Lipinski definition) is 3. The van der Waals surface area contributed by atoms with E-state index in [1.54, 1.807) is 6.92 Å². The minimum Gasteiger partial charge on any atom is -0.358 e. The van der Waals surface area contributed by atoms with Crippen LogP contribution in [-0.4, -0.2) is 34.0 Å². The highest BCUT2D eigenvalue weighted by atomic mass is 16.7. The van der Waals surface area contributed by atoms with Crippen molar-refractivity contribution in [2.24, 2.45) is 11.8 Å². The lowest BCUT2D eigenvalue weighted by molar-refractivity contribution is -0.245. The number of carbonyl (C=O) groups is 1. The van der Waals surface area contributed by atoms with Crippen molar-refractivity contribution in [3.05, 3.63) is 35.5 Å². The van der Waals surface area contributed by atoms with E-state index in [9.17, 15) is 4.79 Å². The fraction of sp³-hybridized carbons (Fsp3) is 0.526. The second kappa shape index (κ2) is 3.87. The van der Waals surface area contributed by atoms with Gasteiger partial charge in [-0.3, -0.25) is 9.63 Å². The fourth-order valence-electron chi connectivity index (χ4n) is 6.11. The number of aromatic amines is 1. The molecule has 23 heavy (non-hydrogen) atoms. The molecule has 0 radical (unpaired) electrons. The fourth-order valence-corrected chi connectivity index (χ4v) is 6.11. The average molecular weight is 308 g/mol. The third-order valence-electron chi connectivity index (χ3n) is 6.88. The molecular weight excluding hydrogens is 288 g/mol. The highest BCUT2D eigenvalue weighted by Gasteiger charge is 2.67. The lowest BCUT2D eigenvalue weighted by Gasteiger charge is -2.46. The second-order valence-corrected chi connectivity index (χ2v) is 7.91. The Morgan fingerprint density at radius 3 is 3.13 bits per heavy atom. The molecule has 3 fully saturated rings. The topological polar surface area (TPSA) is 45.3 Å². The summed E-state index contributed by atoms with van der Waals surface area (Å²) in [5, 5.41) is 3.52. The predicted molar refractivity (Wildman–Crippen MR) is 85.9 cm³/mol. The van der Waals surface area contributed by atoms with Crippen LogP contribution in [0.25, 0.3) is 10.9 Å². The number of rotatable bonds is 1. The Labute approximate surface area is 134 Å². The lowest BCUT2D eigenvalue weighted by atomic mass is 9.59. The van der Waals surface area contributed by atoms with Crippen molar-refractivity contribution in [1.82, 2.24) is 10.0 Å². The highest BCUT2D eigenvalue weighted by molar-refractivity contribution is 5.88. The monoisotopic (exact) mass is 308 g/mol. The third kappa shape index (κ3) is 1.35. The zero-order chi connectivity index (χ0) is 15.3.